The van der Waals surface area contributed by atoms with Crippen molar-refractivity contribution in [2.45, 2.75) is 26.8 Å². The summed E-state index contributed by atoms with van der Waals surface area (Å²) in [6, 6.07) is 0. The van der Waals surface area contributed by atoms with Crippen LogP contribution in [0.15, 0.2) is 0 Å². The molecule has 0 spiro atoms. The Bertz CT molecular complexity index is 317. The smallest absolute Gasteiger partial charge is 0.127 e. The minimum absolute atomic E-state index is 0.510. The van der Waals surface area contributed by atoms with E-state index in [0.29, 0.717) is 12.4 Å². The average molecular weight is 163 g/mol. The number of hydrogen-bond donors (Lipinski definition) is 1. The summed E-state index contributed by atoms with van der Waals surface area (Å²) in [6.45, 7) is 4.44. The second-order valence-electron chi connectivity index (χ2n) is 2.64. The Morgan fingerprint density at radius 3 is 2.83 bits per heavy atom. The van der Waals surface area contributed by atoms with Crippen molar-refractivity contribution in [2.75, 3.05) is 5.73 Å². The van der Waals surface area contributed by atoms with Crippen LogP contribution in [0.3, 0.4) is 0 Å². The van der Waals surface area contributed by atoms with E-state index in [-0.39, 0.29) is 0 Å². The molecule has 0 saturated carbocycles. The summed E-state index contributed by atoms with van der Waals surface area (Å²) in [5.41, 5.74) is 6.63. The molecule has 0 bridgehead atoms. The SMILES string of the molecule is C#CCn1c(CC)nc(C)c1N. The van der Waals surface area contributed by atoms with Crippen LogP contribution in [-0.4, -0.2) is 9.55 Å². The molecule has 2 N–H and O–H groups in total. The predicted molar refractivity (Wildman–Crippen MR) is 49.6 cm³/mol. The number of hydrogen-bond acceptors (Lipinski definition) is 2. The molecule has 1 aromatic rings. The maximum absolute atomic E-state index is 5.77. The van der Waals surface area contributed by atoms with E-state index in [2.05, 4.69) is 10.9 Å². The molecule has 64 valence electrons. The van der Waals surface area contributed by atoms with E-state index in [0.717, 1.165) is 17.9 Å². The Kier molecular flexibility index (Phi) is 2.39. The van der Waals surface area contributed by atoms with E-state index >= 15 is 0 Å². The maximum Gasteiger partial charge on any atom is 0.127 e. The number of aryl methyl sites for hydroxylation is 2. The fraction of sp³-hybridized carbons (Fsp3) is 0.444. The van der Waals surface area contributed by atoms with Crippen LogP contribution in [0, 0.1) is 19.3 Å². The molecule has 1 heterocycles. The lowest BCUT2D eigenvalue weighted by Crippen LogP contribution is -2.05. The topological polar surface area (TPSA) is 43.8 Å². The molecule has 0 radical (unpaired) electrons. The highest BCUT2D eigenvalue weighted by atomic mass is 15.1. The van der Waals surface area contributed by atoms with E-state index in [1.807, 2.05) is 18.4 Å². The summed E-state index contributed by atoms with van der Waals surface area (Å²) in [7, 11) is 0. The largest absolute Gasteiger partial charge is 0.384 e. The molecule has 0 aliphatic carbocycles. The molecule has 0 atom stereocenters. The van der Waals surface area contributed by atoms with Crippen LogP contribution in [0.25, 0.3) is 0 Å². The van der Waals surface area contributed by atoms with Crippen molar-refractivity contribution in [3.63, 3.8) is 0 Å². The zero-order valence-electron chi connectivity index (χ0n) is 7.46. The van der Waals surface area contributed by atoms with Crippen LogP contribution in [0.2, 0.25) is 0 Å². The van der Waals surface area contributed by atoms with Gasteiger partial charge in [-0.25, -0.2) is 4.98 Å². The van der Waals surface area contributed by atoms with Gasteiger partial charge in [0.25, 0.3) is 0 Å². The van der Waals surface area contributed by atoms with Gasteiger partial charge in [0.2, 0.25) is 0 Å². The zero-order chi connectivity index (χ0) is 9.14. The number of terminal acetylenes is 1. The second-order valence-corrected chi connectivity index (χ2v) is 2.64. The fourth-order valence-electron chi connectivity index (χ4n) is 1.18. The van der Waals surface area contributed by atoms with Crippen LogP contribution < -0.4 is 5.73 Å². The number of nitrogen functional groups attached to an aromatic ring is 1. The molecule has 3 nitrogen and oxygen atoms in total. The Balaban J connectivity index is 3.14. The molecule has 3 heteroatoms. The fourth-order valence-corrected chi connectivity index (χ4v) is 1.18. The predicted octanol–water partition coefficient (Wildman–Crippen LogP) is 0.969. The average Bonchev–Trinajstić information content (AvgIpc) is 2.33. The zero-order valence-corrected chi connectivity index (χ0v) is 7.46. The first-order chi connectivity index (χ1) is 5.70. The van der Waals surface area contributed by atoms with Gasteiger partial charge in [-0.3, -0.25) is 0 Å². The number of anilines is 1. The van der Waals surface area contributed by atoms with Crippen molar-refractivity contribution >= 4 is 5.82 Å². The molecule has 0 saturated heterocycles. The Labute approximate surface area is 72.6 Å². The van der Waals surface area contributed by atoms with Crippen molar-refractivity contribution in [2.24, 2.45) is 0 Å². The third-order valence-corrected chi connectivity index (χ3v) is 1.84. The number of nitrogens with two attached hydrogens (primary N) is 1. The van der Waals surface area contributed by atoms with Gasteiger partial charge < -0.3 is 10.3 Å². The van der Waals surface area contributed by atoms with E-state index in [1.165, 1.54) is 0 Å². The lowest BCUT2D eigenvalue weighted by Gasteiger charge is -2.02. The van der Waals surface area contributed by atoms with Crippen molar-refractivity contribution in [3.8, 4) is 12.3 Å². The highest BCUT2D eigenvalue weighted by molar-refractivity contribution is 5.37. The number of imidazole rings is 1. The summed E-state index contributed by atoms with van der Waals surface area (Å²) in [6.07, 6.45) is 6.07. The van der Waals surface area contributed by atoms with Gasteiger partial charge in [0.05, 0.1) is 12.2 Å². The van der Waals surface area contributed by atoms with Crippen molar-refractivity contribution < 1.29 is 0 Å². The van der Waals surface area contributed by atoms with E-state index in [1.54, 1.807) is 0 Å². The summed E-state index contributed by atoms with van der Waals surface area (Å²) < 4.78 is 1.87. The number of rotatable bonds is 2. The van der Waals surface area contributed by atoms with Gasteiger partial charge in [-0.05, 0) is 6.92 Å². The number of aromatic nitrogens is 2. The molecule has 0 aliphatic heterocycles. The molecule has 0 fully saturated rings. The molecular weight excluding hydrogens is 150 g/mol. The normalized spacial score (nSPS) is 9.75. The summed E-state index contributed by atoms with van der Waals surface area (Å²) in [4.78, 5) is 4.29. The highest BCUT2D eigenvalue weighted by Gasteiger charge is 2.07. The van der Waals surface area contributed by atoms with Gasteiger partial charge in [0, 0.05) is 6.42 Å². The lowest BCUT2D eigenvalue weighted by molar-refractivity contribution is 0.769. The molecule has 0 aliphatic rings. The van der Waals surface area contributed by atoms with Crippen molar-refractivity contribution in [3.05, 3.63) is 11.5 Å². The standard InChI is InChI=1S/C9H13N3/c1-4-6-12-8(5-2)11-7(3)9(12)10/h1H,5-6,10H2,2-3H3. The Morgan fingerprint density at radius 2 is 2.33 bits per heavy atom. The molecule has 1 rings (SSSR count). The third-order valence-electron chi connectivity index (χ3n) is 1.84. The van der Waals surface area contributed by atoms with Crippen LogP contribution in [-0.2, 0) is 13.0 Å². The van der Waals surface area contributed by atoms with Crippen LogP contribution >= 0.6 is 0 Å². The monoisotopic (exact) mass is 163 g/mol. The molecule has 0 unspecified atom stereocenters. The quantitative estimate of drug-likeness (QED) is 0.660. The van der Waals surface area contributed by atoms with Gasteiger partial charge in [-0.15, -0.1) is 6.42 Å². The summed E-state index contributed by atoms with van der Waals surface area (Å²) >= 11 is 0. The van der Waals surface area contributed by atoms with Gasteiger partial charge >= 0.3 is 0 Å². The maximum atomic E-state index is 5.77. The minimum atomic E-state index is 0.510. The molecule has 1 aromatic heterocycles. The Hall–Kier alpha value is -1.43. The van der Waals surface area contributed by atoms with Gasteiger partial charge in [-0.1, -0.05) is 12.8 Å². The van der Waals surface area contributed by atoms with E-state index in [9.17, 15) is 0 Å². The second kappa shape index (κ2) is 3.31. The van der Waals surface area contributed by atoms with Crippen LogP contribution in [0.1, 0.15) is 18.4 Å². The van der Waals surface area contributed by atoms with Crippen LogP contribution in [0.5, 0.6) is 0 Å². The molecule has 0 amide bonds. The third kappa shape index (κ3) is 1.28. The van der Waals surface area contributed by atoms with Gasteiger partial charge in [-0.2, -0.15) is 0 Å². The first-order valence-electron chi connectivity index (χ1n) is 3.95. The minimum Gasteiger partial charge on any atom is -0.384 e. The van der Waals surface area contributed by atoms with Crippen molar-refractivity contribution in [1.29, 1.82) is 0 Å². The first-order valence-corrected chi connectivity index (χ1v) is 3.95. The molecular formula is C9H13N3. The lowest BCUT2D eigenvalue weighted by atomic mass is 10.4. The van der Waals surface area contributed by atoms with Crippen LogP contribution in [0.4, 0.5) is 5.82 Å². The summed E-state index contributed by atoms with van der Waals surface area (Å²) in [5, 5.41) is 0. The highest BCUT2D eigenvalue weighted by Crippen LogP contribution is 2.13. The first kappa shape index (κ1) is 8.66. The Morgan fingerprint density at radius 1 is 1.67 bits per heavy atom. The van der Waals surface area contributed by atoms with E-state index < -0.39 is 0 Å². The molecule has 0 aromatic carbocycles. The van der Waals surface area contributed by atoms with Gasteiger partial charge in [0.1, 0.15) is 11.6 Å². The molecule has 12 heavy (non-hydrogen) atoms. The van der Waals surface area contributed by atoms with Gasteiger partial charge in [0.15, 0.2) is 0 Å². The van der Waals surface area contributed by atoms with Crippen molar-refractivity contribution in [1.82, 2.24) is 9.55 Å². The van der Waals surface area contributed by atoms with E-state index in [4.69, 9.17) is 12.2 Å². The number of nitrogens with zero attached hydrogens (tertiary/aromatic N) is 2. The summed E-state index contributed by atoms with van der Waals surface area (Å²) in [5.74, 6) is 4.20.